The number of nitrogens with one attached hydrogen (secondary N) is 1. The van der Waals surface area contributed by atoms with Crippen LogP contribution in [-0.2, 0) is 4.74 Å². The summed E-state index contributed by atoms with van der Waals surface area (Å²) in [6.45, 7) is 4.78. The first-order chi connectivity index (χ1) is 12.5. The fourth-order valence-corrected chi connectivity index (χ4v) is 2.33. The molecule has 0 aromatic heterocycles. The van der Waals surface area contributed by atoms with E-state index in [0.717, 1.165) is 12.8 Å². The van der Waals surface area contributed by atoms with Gasteiger partial charge in [-0.15, -0.1) is 0 Å². The van der Waals surface area contributed by atoms with Gasteiger partial charge < -0.3 is 10.1 Å². The Kier molecular flexibility index (Phi) is 7.14. The van der Waals surface area contributed by atoms with Crippen LogP contribution in [0.25, 0.3) is 0 Å². The van der Waals surface area contributed by atoms with Gasteiger partial charge >= 0.3 is 6.09 Å². The summed E-state index contributed by atoms with van der Waals surface area (Å²) in [5.41, 5.74) is 1.64. The lowest BCUT2D eigenvalue weighted by molar-refractivity contribution is 0.102. The molecule has 0 fully saturated rings. The minimum Gasteiger partial charge on any atom is -0.449 e. The highest BCUT2D eigenvalue weighted by atomic mass is 19.1. The second-order valence-corrected chi connectivity index (χ2v) is 5.72. The third kappa shape index (κ3) is 5.31. The molecule has 0 atom stereocenters. The standard InChI is InChI=1S/C20H23FN2O3/c1-3-5-14-26-20(25)23(4-2)18-12-10-17(11-13-18)22-19(24)15-6-8-16(21)9-7-15/h6-13H,3-5,14H2,1-2H3,(H,22,24). The van der Waals surface area contributed by atoms with Gasteiger partial charge in [-0.3, -0.25) is 9.69 Å². The molecule has 0 aliphatic carbocycles. The number of ether oxygens (including phenoxy) is 1. The molecule has 0 spiro atoms. The Morgan fingerprint density at radius 1 is 1.04 bits per heavy atom. The van der Waals surface area contributed by atoms with Gasteiger partial charge in [-0.1, -0.05) is 13.3 Å². The Hall–Kier alpha value is -2.89. The predicted octanol–water partition coefficient (Wildman–Crippen LogP) is 4.84. The van der Waals surface area contributed by atoms with Crippen molar-refractivity contribution in [2.24, 2.45) is 0 Å². The minimum absolute atomic E-state index is 0.330. The maximum Gasteiger partial charge on any atom is 0.414 e. The zero-order chi connectivity index (χ0) is 18.9. The first-order valence-electron chi connectivity index (χ1n) is 8.66. The number of benzene rings is 2. The molecule has 0 bridgehead atoms. The number of hydrogen-bond acceptors (Lipinski definition) is 3. The molecule has 2 aromatic carbocycles. The van der Waals surface area contributed by atoms with Gasteiger partial charge in [-0.05, 0) is 61.9 Å². The van der Waals surface area contributed by atoms with Crippen LogP contribution in [-0.4, -0.2) is 25.2 Å². The Morgan fingerprint density at radius 3 is 2.27 bits per heavy atom. The number of nitrogens with zero attached hydrogens (tertiary/aromatic N) is 1. The van der Waals surface area contributed by atoms with E-state index in [0.29, 0.717) is 30.1 Å². The summed E-state index contributed by atoms with van der Waals surface area (Å²) >= 11 is 0. The van der Waals surface area contributed by atoms with Gasteiger partial charge in [0, 0.05) is 23.5 Å². The fraction of sp³-hybridized carbons (Fsp3) is 0.300. The lowest BCUT2D eigenvalue weighted by Crippen LogP contribution is -2.31. The molecule has 0 saturated carbocycles. The molecular weight excluding hydrogens is 335 g/mol. The summed E-state index contributed by atoms with van der Waals surface area (Å²) in [7, 11) is 0. The molecular formula is C20H23FN2O3. The van der Waals surface area contributed by atoms with E-state index in [9.17, 15) is 14.0 Å². The van der Waals surface area contributed by atoms with Gasteiger partial charge in [0.1, 0.15) is 5.82 Å². The predicted molar refractivity (Wildman–Crippen MR) is 100 cm³/mol. The quantitative estimate of drug-likeness (QED) is 0.721. The van der Waals surface area contributed by atoms with Gasteiger partial charge in [-0.25, -0.2) is 9.18 Å². The molecule has 2 amide bonds. The van der Waals surface area contributed by atoms with Crippen LogP contribution in [0.4, 0.5) is 20.6 Å². The molecule has 26 heavy (non-hydrogen) atoms. The fourth-order valence-electron chi connectivity index (χ4n) is 2.33. The normalized spacial score (nSPS) is 10.3. The smallest absolute Gasteiger partial charge is 0.414 e. The highest BCUT2D eigenvalue weighted by Crippen LogP contribution is 2.19. The van der Waals surface area contributed by atoms with Crippen molar-refractivity contribution in [3.63, 3.8) is 0 Å². The molecule has 138 valence electrons. The zero-order valence-electron chi connectivity index (χ0n) is 15.0. The van der Waals surface area contributed by atoms with Gasteiger partial charge in [0.2, 0.25) is 0 Å². The molecule has 0 aliphatic heterocycles. The van der Waals surface area contributed by atoms with Crippen molar-refractivity contribution in [2.75, 3.05) is 23.4 Å². The lowest BCUT2D eigenvalue weighted by atomic mass is 10.2. The highest BCUT2D eigenvalue weighted by molar-refractivity contribution is 6.04. The summed E-state index contributed by atoms with van der Waals surface area (Å²) in [6, 6.07) is 12.2. The molecule has 0 heterocycles. The maximum atomic E-state index is 12.9. The van der Waals surface area contributed by atoms with Crippen LogP contribution < -0.4 is 10.2 Å². The Bertz CT molecular complexity index is 730. The number of rotatable bonds is 7. The third-order valence-corrected chi connectivity index (χ3v) is 3.80. The Labute approximate surface area is 152 Å². The van der Waals surface area contributed by atoms with Crippen molar-refractivity contribution in [1.82, 2.24) is 0 Å². The van der Waals surface area contributed by atoms with Crippen molar-refractivity contribution in [1.29, 1.82) is 0 Å². The van der Waals surface area contributed by atoms with Crippen LogP contribution in [0.3, 0.4) is 0 Å². The van der Waals surface area contributed by atoms with E-state index < -0.39 is 5.82 Å². The summed E-state index contributed by atoms with van der Waals surface area (Å²) in [5, 5.41) is 2.74. The van der Waals surface area contributed by atoms with E-state index in [1.54, 1.807) is 24.3 Å². The van der Waals surface area contributed by atoms with E-state index in [4.69, 9.17) is 4.74 Å². The number of unbranched alkanes of at least 4 members (excludes halogenated alkanes) is 1. The lowest BCUT2D eigenvalue weighted by Gasteiger charge is -2.20. The van der Waals surface area contributed by atoms with Crippen molar-refractivity contribution in [2.45, 2.75) is 26.7 Å². The summed E-state index contributed by atoms with van der Waals surface area (Å²) in [5.74, 6) is -0.722. The van der Waals surface area contributed by atoms with Crippen LogP contribution in [0.15, 0.2) is 48.5 Å². The van der Waals surface area contributed by atoms with Gasteiger partial charge in [-0.2, -0.15) is 0 Å². The molecule has 2 aromatic rings. The van der Waals surface area contributed by atoms with E-state index in [1.807, 2.05) is 13.8 Å². The number of halogens is 1. The SMILES string of the molecule is CCCCOC(=O)N(CC)c1ccc(NC(=O)c2ccc(F)cc2)cc1. The Morgan fingerprint density at radius 2 is 1.69 bits per heavy atom. The highest BCUT2D eigenvalue weighted by Gasteiger charge is 2.15. The van der Waals surface area contributed by atoms with Crippen LogP contribution in [0.1, 0.15) is 37.0 Å². The molecule has 5 nitrogen and oxygen atoms in total. The molecule has 1 N–H and O–H groups in total. The van der Waals surface area contributed by atoms with Crippen molar-refractivity contribution < 1.29 is 18.7 Å². The van der Waals surface area contributed by atoms with Gasteiger partial charge in [0.05, 0.1) is 6.61 Å². The first-order valence-corrected chi connectivity index (χ1v) is 8.66. The van der Waals surface area contributed by atoms with Crippen LogP contribution >= 0.6 is 0 Å². The largest absolute Gasteiger partial charge is 0.449 e. The minimum atomic E-state index is -0.392. The summed E-state index contributed by atoms with van der Waals surface area (Å²) < 4.78 is 18.2. The van der Waals surface area contributed by atoms with Gasteiger partial charge in [0.25, 0.3) is 5.91 Å². The third-order valence-electron chi connectivity index (χ3n) is 3.80. The summed E-state index contributed by atoms with van der Waals surface area (Å²) in [4.78, 5) is 25.8. The van der Waals surface area contributed by atoms with E-state index >= 15 is 0 Å². The number of hydrogen-bond donors (Lipinski definition) is 1. The average Bonchev–Trinajstić information content (AvgIpc) is 2.64. The van der Waals surface area contributed by atoms with Gasteiger partial charge in [0.15, 0.2) is 0 Å². The number of anilines is 2. The van der Waals surface area contributed by atoms with Crippen LogP contribution in [0.5, 0.6) is 0 Å². The van der Waals surface area contributed by atoms with Crippen molar-refractivity contribution in [3.8, 4) is 0 Å². The van der Waals surface area contributed by atoms with E-state index in [-0.39, 0.29) is 12.0 Å². The van der Waals surface area contributed by atoms with Crippen LogP contribution in [0, 0.1) is 5.82 Å². The topological polar surface area (TPSA) is 58.6 Å². The number of amides is 2. The first kappa shape index (κ1) is 19.4. The molecule has 0 saturated heterocycles. The Balaban J connectivity index is 2.00. The zero-order valence-corrected chi connectivity index (χ0v) is 15.0. The molecule has 2 rings (SSSR count). The summed E-state index contributed by atoms with van der Waals surface area (Å²) in [6.07, 6.45) is 1.41. The van der Waals surface area contributed by atoms with Crippen molar-refractivity contribution in [3.05, 3.63) is 59.9 Å². The maximum absolute atomic E-state index is 12.9. The average molecular weight is 358 g/mol. The second-order valence-electron chi connectivity index (χ2n) is 5.72. The molecule has 6 heteroatoms. The molecule has 0 radical (unpaired) electrons. The van der Waals surface area contributed by atoms with Crippen molar-refractivity contribution >= 4 is 23.4 Å². The van der Waals surface area contributed by atoms with Crippen LogP contribution in [0.2, 0.25) is 0 Å². The molecule has 0 unspecified atom stereocenters. The van der Waals surface area contributed by atoms with E-state index in [1.165, 1.54) is 29.2 Å². The second kappa shape index (κ2) is 9.56. The number of carbonyl (C=O) groups excluding carboxylic acids is 2. The molecule has 0 aliphatic rings. The number of carbonyl (C=O) groups is 2. The van der Waals surface area contributed by atoms with E-state index in [2.05, 4.69) is 5.32 Å². The monoisotopic (exact) mass is 358 g/mol.